The molecule has 0 bridgehead atoms. The van der Waals surface area contributed by atoms with Crippen LogP contribution >= 0.6 is 12.2 Å². The van der Waals surface area contributed by atoms with E-state index in [9.17, 15) is 0 Å². The van der Waals surface area contributed by atoms with Gasteiger partial charge in [0.25, 0.3) is 0 Å². The lowest BCUT2D eigenvalue weighted by Gasteiger charge is -2.26. The first-order valence-corrected chi connectivity index (χ1v) is 6.00. The minimum absolute atomic E-state index is 0.191. The zero-order chi connectivity index (χ0) is 12.1. The summed E-state index contributed by atoms with van der Waals surface area (Å²) in [6.45, 7) is 5.09. The Hall–Kier alpha value is -0.930. The summed E-state index contributed by atoms with van der Waals surface area (Å²) in [6.07, 6.45) is 0.956. The minimum atomic E-state index is 0.191. The van der Waals surface area contributed by atoms with Gasteiger partial charge < -0.3 is 5.73 Å². The second kappa shape index (κ2) is 5.97. The fourth-order valence-electron chi connectivity index (χ4n) is 1.82. The van der Waals surface area contributed by atoms with Crippen LogP contribution in [0.15, 0.2) is 24.3 Å². The normalized spacial score (nSPS) is 12.8. The predicted octanol–water partition coefficient (Wildman–Crippen LogP) is 2.49. The maximum atomic E-state index is 5.72. The van der Waals surface area contributed by atoms with Crippen molar-refractivity contribution in [3.8, 4) is 0 Å². The van der Waals surface area contributed by atoms with Gasteiger partial charge in [0.1, 0.15) is 0 Å². The molecule has 1 atom stereocenters. The first kappa shape index (κ1) is 13.1. The van der Waals surface area contributed by atoms with Crippen LogP contribution in [0.25, 0.3) is 0 Å². The molecule has 0 aromatic heterocycles. The Kier molecular flexibility index (Phi) is 4.90. The summed E-state index contributed by atoms with van der Waals surface area (Å²) in [4.78, 5) is 2.78. The van der Waals surface area contributed by atoms with E-state index in [1.54, 1.807) is 0 Å². The fourth-order valence-corrected chi connectivity index (χ4v) is 2.17. The van der Waals surface area contributed by atoms with Crippen molar-refractivity contribution >= 4 is 17.2 Å². The average molecular weight is 236 g/mol. The molecule has 0 aliphatic carbocycles. The van der Waals surface area contributed by atoms with Crippen molar-refractivity contribution in [1.82, 2.24) is 4.90 Å². The lowest BCUT2D eigenvalue weighted by Crippen LogP contribution is -2.40. The molecule has 0 spiro atoms. The third-order valence-corrected chi connectivity index (χ3v) is 3.07. The van der Waals surface area contributed by atoms with Gasteiger partial charge in [-0.15, -0.1) is 0 Å². The van der Waals surface area contributed by atoms with Gasteiger partial charge in [0.15, 0.2) is 0 Å². The summed E-state index contributed by atoms with van der Waals surface area (Å²) in [5.41, 5.74) is 8.29. The maximum Gasteiger partial charge on any atom is 0.0901 e. The average Bonchev–Trinajstić information content (AvgIpc) is 2.22. The lowest BCUT2D eigenvalue weighted by molar-refractivity contribution is 0.284. The van der Waals surface area contributed by atoms with E-state index in [2.05, 4.69) is 50.1 Å². The van der Waals surface area contributed by atoms with Crippen LogP contribution in [0.1, 0.15) is 24.5 Å². The van der Waals surface area contributed by atoms with Crippen molar-refractivity contribution in [1.29, 1.82) is 0 Å². The molecule has 0 aliphatic heterocycles. The van der Waals surface area contributed by atoms with E-state index in [4.69, 9.17) is 18.0 Å². The van der Waals surface area contributed by atoms with Gasteiger partial charge in [0.2, 0.25) is 0 Å². The smallest absolute Gasteiger partial charge is 0.0901 e. The molecule has 0 aliphatic rings. The van der Waals surface area contributed by atoms with Gasteiger partial charge in [0, 0.05) is 6.54 Å². The topological polar surface area (TPSA) is 29.3 Å². The molecule has 16 heavy (non-hydrogen) atoms. The lowest BCUT2D eigenvalue weighted by atomic mass is 10.1. The summed E-state index contributed by atoms with van der Waals surface area (Å²) in [7, 11) is 2.06. The van der Waals surface area contributed by atoms with Gasteiger partial charge in [0.05, 0.1) is 11.0 Å². The number of thiocarbonyl (C=S) groups is 1. The number of hydrogen-bond donors (Lipinski definition) is 1. The highest BCUT2D eigenvalue weighted by atomic mass is 32.1. The largest absolute Gasteiger partial charge is 0.392 e. The highest BCUT2D eigenvalue weighted by Gasteiger charge is 2.15. The number of benzene rings is 1. The minimum Gasteiger partial charge on any atom is -0.392 e. The Morgan fingerprint density at radius 1 is 1.38 bits per heavy atom. The zero-order valence-electron chi connectivity index (χ0n) is 10.2. The van der Waals surface area contributed by atoms with E-state index in [-0.39, 0.29) is 6.04 Å². The summed E-state index contributed by atoms with van der Waals surface area (Å²) in [5, 5.41) is 0. The molecule has 1 rings (SSSR count). The van der Waals surface area contributed by atoms with Crippen LogP contribution in [0.5, 0.6) is 0 Å². The van der Waals surface area contributed by atoms with Crippen LogP contribution < -0.4 is 5.73 Å². The molecule has 88 valence electrons. The number of likely N-dealkylation sites (N-methyl/N-ethyl adjacent to an activating group) is 1. The van der Waals surface area contributed by atoms with E-state index in [0.717, 1.165) is 13.0 Å². The van der Waals surface area contributed by atoms with E-state index in [1.165, 1.54) is 11.1 Å². The second-order valence-corrected chi connectivity index (χ2v) is 4.70. The Morgan fingerprint density at radius 3 is 2.38 bits per heavy atom. The predicted molar refractivity (Wildman–Crippen MR) is 73.5 cm³/mol. The fraction of sp³-hybridized carbons (Fsp3) is 0.462. The number of aryl methyl sites for hydroxylation is 1. The number of nitrogens with zero attached hydrogens (tertiary/aromatic N) is 1. The molecule has 0 saturated heterocycles. The molecule has 0 radical (unpaired) electrons. The molecule has 1 aromatic carbocycles. The monoisotopic (exact) mass is 236 g/mol. The highest BCUT2D eigenvalue weighted by molar-refractivity contribution is 7.80. The summed E-state index contributed by atoms with van der Waals surface area (Å²) >= 11 is 5.07. The van der Waals surface area contributed by atoms with Crippen LogP contribution in [0.2, 0.25) is 0 Å². The van der Waals surface area contributed by atoms with Crippen molar-refractivity contribution in [2.45, 2.75) is 32.9 Å². The number of hydrogen-bond acceptors (Lipinski definition) is 2. The molecular weight excluding hydrogens is 216 g/mol. The molecule has 0 heterocycles. The molecule has 0 fully saturated rings. The zero-order valence-corrected chi connectivity index (χ0v) is 11.1. The van der Waals surface area contributed by atoms with Crippen LogP contribution in [0, 0.1) is 6.92 Å². The Balaban J connectivity index is 2.66. The molecule has 1 unspecified atom stereocenters. The Morgan fingerprint density at radius 2 is 1.94 bits per heavy atom. The SMILES string of the molecule is CCC(C(N)=S)N(C)Cc1ccc(C)cc1. The van der Waals surface area contributed by atoms with Crippen molar-refractivity contribution in [2.75, 3.05) is 7.05 Å². The van der Waals surface area contributed by atoms with Crippen LogP contribution in [0.4, 0.5) is 0 Å². The molecule has 1 aromatic rings. The van der Waals surface area contributed by atoms with Crippen molar-refractivity contribution in [3.63, 3.8) is 0 Å². The summed E-state index contributed by atoms with van der Waals surface area (Å²) in [5.74, 6) is 0. The Labute approximate surface area is 103 Å². The first-order valence-electron chi connectivity index (χ1n) is 5.59. The number of rotatable bonds is 5. The third kappa shape index (κ3) is 3.58. The van der Waals surface area contributed by atoms with E-state index >= 15 is 0 Å². The van der Waals surface area contributed by atoms with Crippen LogP contribution in [-0.4, -0.2) is 23.0 Å². The van der Waals surface area contributed by atoms with Gasteiger partial charge in [-0.25, -0.2) is 0 Å². The summed E-state index contributed by atoms with van der Waals surface area (Å²) in [6, 6.07) is 8.75. The van der Waals surface area contributed by atoms with Gasteiger partial charge in [-0.05, 0) is 26.0 Å². The van der Waals surface area contributed by atoms with Crippen LogP contribution in [-0.2, 0) is 6.54 Å². The van der Waals surface area contributed by atoms with E-state index in [1.807, 2.05) is 0 Å². The van der Waals surface area contributed by atoms with Gasteiger partial charge in [-0.3, -0.25) is 4.90 Å². The molecule has 2 nitrogen and oxygen atoms in total. The van der Waals surface area contributed by atoms with E-state index < -0.39 is 0 Å². The highest BCUT2D eigenvalue weighted by Crippen LogP contribution is 2.10. The number of nitrogens with two attached hydrogens (primary N) is 1. The molecule has 0 amide bonds. The van der Waals surface area contributed by atoms with Gasteiger partial charge in [-0.2, -0.15) is 0 Å². The van der Waals surface area contributed by atoms with Crippen LogP contribution in [0.3, 0.4) is 0 Å². The van der Waals surface area contributed by atoms with Crippen molar-refractivity contribution < 1.29 is 0 Å². The van der Waals surface area contributed by atoms with Gasteiger partial charge in [-0.1, -0.05) is 49.0 Å². The second-order valence-electron chi connectivity index (χ2n) is 4.23. The van der Waals surface area contributed by atoms with Crippen molar-refractivity contribution in [2.24, 2.45) is 5.73 Å². The molecule has 0 saturated carbocycles. The summed E-state index contributed by atoms with van der Waals surface area (Å²) < 4.78 is 0. The standard InChI is InChI=1S/C13H20N2S/c1-4-12(13(14)16)15(3)9-11-7-5-10(2)6-8-11/h5-8,12H,4,9H2,1-3H3,(H2,14,16). The molecule has 3 heteroatoms. The molecule has 2 N–H and O–H groups in total. The first-order chi connectivity index (χ1) is 7.54. The molecular formula is C13H20N2S. The van der Waals surface area contributed by atoms with Crippen molar-refractivity contribution in [3.05, 3.63) is 35.4 Å². The van der Waals surface area contributed by atoms with E-state index in [0.29, 0.717) is 4.99 Å². The Bertz CT molecular complexity index is 345. The van der Waals surface area contributed by atoms with Gasteiger partial charge >= 0.3 is 0 Å². The maximum absolute atomic E-state index is 5.72. The third-order valence-electron chi connectivity index (χ3n) is 2.80. The quantitative estimate of drug-likeness (QED) is 0.796.